The third-order valence-electron chi connectivity index (χ3n) is 5.04. The van der Waals surface area contributed by atoms with Crippen LogP contribution in [-0.4, -0.2) is 77.5 Å². The fourth-order valence-corrected chi connectivity index (χ4v) is 3.43. The number of hydrogen-bond acceptors (Lipinski definition) is 8. The molecule has 0 radical (unpaired) electrons. The summed E-state index contributed by atoms with van der Waals surface area (Å²) in [6.07, 6.45) is -0.692. The molecule has 36 heavy (non-hydrogen) atoms. The van der Waals surface area contributed by atoms with Crippen LogP contribution in [0.1, 0.15) is 77.6 Å². The second-order valence-corrected chi connectivity index (χ2v) is 7.38. The van der Waals surface area contributed by atoms with Crippen LogP contribution in [0.5, 0.6) is 0 Å². The standard InChI is InChI=1S/C25H26O11/c1-3-34-11-10-15(13-35-4-2)36-25(33)17-12-16(21(26)14-8-6-5-7-9-14)18(22(27)28)20(24(31)32)19(17)23(29)30/h5-9,12,15H,3-4,10-11,13H2,1-2H3,(H,27,28)(H,29,30)(H,31,32). The Morgan fingerprint density at radius 3 is 1.86 bits per heavy atom. The van der Waals surface area contributed by atoms with Gasteiger partial charge in [0.15, 0.2) is 5.78 Å². The summed E-state index contributed by atoms with van der Waals surface area (Å²) in [6, 6.07) is 8.09. The van der Waals surface area contributed by atoms with E-state index in [1.807, 2.05) is 0 Å². The summed E-state index contributed by atoms with van der Waals surface area (Å²) in [5, 5.41) is 29.2. The van der Waals surface area contributed by atoms with E-state index in [-0.39, 0.29) is 25.2 Å². The molecule has 0 spiro atoms. The van der Waals surface area contributed by atoms with Crippen LogP contribution in [0.15, 0.2) is 36.4 Å². The first-order valence-corrected chi connectivity index (χ1v) is 11.0. The zero-order chi connectivity index (χ0) is 26.8. The van der Waals surface area contributed by atoms with E-state index in [1.165, 1.54) is 24.3 Å². The Labute approximate surface area is 206 Å². The van der Waals surface area contributed by atoms with Gasteiger partial charge in [0.25, 0.3) is 0 Å². The molecule has 0 bridgehead atoms. The van der Waals surface area contributed by atoms with Crippen molar-refractivity contribution in [3.63, 3.8) is 0 Å². The Balaban J connectivity index is 2.72. The van der Waals surface area contributed by atoms with Crippen LogP contribution in [0.2, 0.25) is 0 Å². The van der Waals surface area contributed by atoms with E-state index in [0.29, 0.717) is 13.2 Å². The minimum atomic E-state index is -1.94. The highest BCUT2D eigenvalue weighted by Crippen LogP contribution is 2.28. The van der Waals surface area contributed by atoms with Crippen LogP contribution in [0.4, 0.5) is 0 Å². The van der Waals surface area contributed by atoms with Gasteiger partial charge in [-0.3, -0.25) is 4.79 Å². The van der Waals surface area contributed by atoms with Crippen molar-refractivity contribution in [2.24, 2.45) is 0 Å². The molecule has 11 nitrogen and oxygen atoms in total. The number of benzene rings is 2. The van der Waals surface area contributed by atoms with E-state index in [4.69, 9.17) is 14.2 Å². The quantitative estimate of drug-likeness (QED) is 0.197. The Bertz CT molecular complexity index is 1140. The van der Waals surface area contributed by atoms with E-state index in [1.54, 1.807) is 19.9 Å². The highest BCUT2D eigenvalue weighted by Gasteiger charge is 2.35. The normalized spacial score (nSPS) is 11.5. The molecule has 0 aliphatic rings. The Morgan fingerprint density at radius 2 is 1.33 bits per heavy atom. The number of ether oxygens (including phenoxy) is 3. The van der Waals surface area contributed by atoms with Crippen LogP contribution >= 0.6 is 0 Å². The number of carboxylic acids is 3. The van der Waals surface area contributed by atoms with Gasteiger partial charge in [0, 0.05) is 30.8 Å². The molecule has 192 valence electrons. The molecule has 2 aromatic carbocycles. The van der Waals surface area contributed by atoms with Crippen molar-refractivity contribution in [3.05, 3.63) is 69.8 Å². The highest BCUT2D eigenvalue weighted by molar-refractivity contribution is 6.21. The number of hydrogen-bond donors (Lipinski definition) is 3. The first-order valence-electron chi connectivity index (χ1n) is 11.0. The second-order valence-electron chi connectivity index (χ2n) is 7.38. The number of rotatable bonds is 14. The molecule has 0 fully saturated rings. The predicted molar refractivity (Wildman–Crippen MR) is 124 cm³/mol. The van der Waals surface area contributed by atoms with Crippen molar-refractivity contribution in [1.29, 1.82) is 0 Å². The number of carbonyl (C=O) groups excluding carboxylic acids is 2. The van der Waals surface area contributed by atoms with Gasteiger partial charge in [-0.15, -0.1) is 0 Å². The van der Waals surface area contributed by atoms with Crippen molar-refractivity contribution in [2.45, 2.75) is 26.4 Å². The molecule has 0 aliphatic carbocycles. The predicted octanol–water partition coefficient (Wildman–Crippen LogP) is 3.00. The minimum absolute atomic E-state index is 0.00432. The Morgan fingerprint density at radius 1 is 0.778 bits per heavy atom. The van der Waals surface area contributed by atoms with Crippen molar-refractivity contribution in [1.82, 2.24) is 0 Å². The van der Waals surface area contributed by atoms with Crippen LogP contribution < -0.4 is 0 Å². The lowest BCUT2D eigenvalue weighted by Crippen LogP contribution is -2.28. The monoisotopic (exact) mass is 502 g/mol. The van der Waals surface area contributed by atoms with Gasteiger partial charge < -0.3 is 29.5 Å². The lowest BCUT2D eigenvalue weighted by atomic mass is 9.87. The first kappa shape index (κ1) is 28.1. The zero-order valence-corrected chi connectivity index (χ0v) is 19.7. The maximum atomic E-state index is 13.1. The van der Waals surface area contributed by atoms with E-state index in [9.17, 15) is 39.3 Å². The summed E-state index contributed by atoms with van der Waals surface area (Å²) < 4.78 is 15.9. The summed E-state index contributed by atoms with van der Waals surface area (Å²) in [6.45, 7) is 4.34. The molecule has 0 heterocycles. The lowest BCUT2D eigenvalue weighted by molar-refractivity contribution is -0.0145. The van der Waals surface area contributed by atoms with Gasteiger partial charge in [-0.25, -0.2) is 19.2 Å². The average molecular weight is 502 g/mol. The lowest BCUT2D eigenvalue weighted by Gasteiger charge is -2.20. The fraction of sp³-hybridized carbons (Fsp3) is 0.320. The van der Waals surface area contributed by atoms with Crippen molar-refractivity contribution < 1.29 is 53.5 Å². The van der Waals surface area contributed by atoms with Gasteiger partial charge in [0.2, 0.25) is 0 Å². The van der Waals surface area contributed by atoms with Crippen molar-refractivity contribution in [2.75, 3.05) is 26.4 Å². The molecule has 0 amide bonds. The molecular weight excluding hydrogens is 476 g/mol. The smallest absolute Gasteiger partial charge is 0.339 e. The van der Waals surface area contributed by atoms with E-state index in [2.05, 4.69) is 0 Å². The van der Waals surface area contributed by atoms with Crippen LogP contribution in [0.25, 0.3) is 0 Å². The largest absolute Gasteiger partial charge is 0.478 e. The van der Waals surface area contributed by atoms with Gasteiger partial charge in [-0.1, -0.05) is 30.3 Å². The third-order valence-corrected chi connectivity index (χ3v) is 5.04. The SMILES string of the molecule is CCOCCC(COCC)OC(=O)c1cc(C(=O)c2ccccc2)c(C(=O)O)c(C(=O)O)c1C(=O)O. The number of aromatic carboxylic acids is 3. The molecule has 1 unspecified atom stereocenters. The number of ketones is 1. The second kappa shape index (κ2) is 13.1. The average Bonchev–Trinajstić information content (AvgIpc) is 2.85. The molecule has 3 N–H and O–H groups in total. The van der Waals surface area contributed by atoms with Crippen molar-refractivity contribution in [3.8, 4) is 0 Å². The fourth-order valence-electron chi connectivity index (χ4n) is 3.43. The minimum Gasteiger partial charge on any atom is -0.478 e. The summed E-state index contributed by atoms with van der Waals surface area (Å²) >= 11 is 0. The summed E-state index contributed by atoms with van der Waals surface area (Å²) in [4.78, 5) is 62.4. The molecule has 0 aliphatic heterocycles. The molecule has 0 saturated heterocycles. The molecular formula is C25H26O11. The maximum Gasteiger partial charge on any atom is 0.339 e. The Hall–Kier alpha value is -4.09. The van der Waals surface area contributed by atoms with E-state index < -0.39 is 63.6 Å². The molecule has 2 aromatic rings. The van der Waals surface area contributed by atoms with Gasteiger partial charge in [0.1, 0.15) is 6.10 Å². The molecule has 11 heteroatoms. The maximum absolute atomic E-state index is 13.1. The molecule has 2 rings (SSSR count). The molecule has 0 saturated carbocycles. The van der Waals surface area contributed by atoms with Gasteiger partial charge in [0.05, 0.1) is 35.5 Å². The summed E-state index contributed by atoms with van der Waals surface area (Å²) in [5.74, 6) is -7.83. The first-order chi connectivity index (χ1) is 17.1. The number of carboxylic acid groups (broad SMARTS) is 3. The number of esters is 1. The molecule has 0 aromatic heterocycles. The van der Waals surface area contributed by atoms with E-state index in [0.717, 1.165) is 6.07 Å². The summed E-state index contributed by atoms with van der Waals surface area (Å²) in [5.41, 5.74) is -4.80. The van der Waals surface area contributed by atoms with Crippen molar-refractivity contribution >= 4 is 29.7 Å². The Kier molecular flexibility index (Phi) is 10.3. The van der Waals surface area contributed by atoms with Gasteiger partial charge >= 0.3 is 23.9 Å². The summed E-state index contributed by atoms with van der Waals surface area (Å²) in [7, 11) is 0. The third kappa shape index (κ3) is 6.74. The number of carbonyl (C=O) groups is 5. The van der Waals surface area contributed by atoms with E-state index >= 15 is 0 Å². The van der Waals surface area contributed by atoms with Crippen LogP contribution in [-0.2, 0) is 14.2 Å². The topological polar surface area (TPSA) is 174 Å². The van der Waals surface area contributed by atoms with Crippen LogP contribution in [0.3, 0.4) is 0 Å². The van der Waals surface area contributed by atoms with Crippen LogP contribution in [0, 0.1) is 0 Å². The van der Waals surface area contributed by atoms with Gasteiger partial charge in [-0.2, -0.15) is 0 Å². The molecule has 1 atom stereocenters. The highest BCUT2D eigenvalue weighted by atomic mass is 16.6. The zero-order valence-electron chi connectivity index (χ0n) is 19.7. The van der Waals surface area contributed by atoms with Gasteiger partial charge in [-0.05, 0) is 19.9 Å².